The molecule has 0 aliphatic carbocycles. The fourth-order valence-electron chi connectivity index (χ4n) is 4.05. The predicted octanol–water partition coefficient (Wildman–Crippen LogP) is 1.19. The lowest BCUT2D eigenvalue weighted by atomic mass is 9.90. The third kappa shape index (κ3) is 5.52. The van der Waals surface area contributed by atoms with E-state index in [4.69, 9.17) is 28.7 Å². The average Bonchev–Trinajstić information content (AvgIpc) is 2.87. The van der Waals surface area contributed by atoms with Gasteiger partial charge >= 0.3 is 12.1 Å². The maximum Gasteiger partial charge on any atom is 0.409 e. The minimum atomic E-state index is -1.21. The Morgan fingerprint density at radius 1 is 0.971 bits per heavy atom. The number of guanidine groups is 1. The van der Waals surface area contributed by atoms with Gasteiger partial charge in [-0.25, -0.2) is 9.79 Å². The molecule has 0 radical (unpaired) electrons. The highest BCUT2D eigenvalue weighted by Gasteiger charge is 2.43. The smallest absolute Gasteiger partial charge is 0.409 e. The van der Waals surface area contributed by atoms with Gasteiger partial charge in [0.15, 0.2) is 17.4 Å². The van der Waals surface area contributed by atoms with Crippen molar-refractivity contribution in [3.05, 3.63) is 17.7 Å². The molecule has 2 amide bonds. The number of hydrogen-bond acceptors (Lipinski definition) is 10. The molecule has 192 valence electrons. The van der Waals surface area contributed by atoms with E-state index >= 15 is 0 Å². The van der Waals surface area contributed by atoms with Gasteiger partial charge in [0.1, 0.15) is 6.04 Å². The van der Waals surface area contributed by atoms with Crippen LogP contribution in [0.25, 0.3) is 0 Å². The second-order valence-corrected chi connectivity index (χ2v) is 7.75. The van der Waals surface area contributed by atoms with E-state index in [1.165, 1.54) is 21.3 Å². The van der Waals surface area contributed by atoms with Gasteiger partial charge in [-0.05, 0) is 31.5 Å². The van der Waals surface area contributed by atoms with Crippen LogP contribution >= 0.6 is 0 Å². The zero-order chi connectivity index (χ0) is 25.5. The van der Waals surface area contributed by atoms with Crippen LogP contribution in [0.15, 0.2) is 17.1 Å². The van der Waals surface area contributed by atoms with Crippen molar-refractivity contribution in [3.8, 4) is 17.2 Å². The van der Waals surface area contributed by atoms with Gasteiger partial charge in [-0.15, -0.1) is 0 Å². The highest BCUT2D eigenvalue weighted by atomic mass is 16.6. The number of esters is 1. The largest absolute Gasteiger partial charge is 0.493 e. The number of rotatable bonds is 7. The molecule has 1 aromatic carbocycles. The maximum atomic E-state index is 13.1. The molecule has 3 rings (SSSR count). The number of nitrogens with zero attached hydrogens (tertiary/aromatic N) is 3. The molecule has 35 heavy (non-hydrogen) atoms. The molecule has 2 atom stereocenters. The molecule has 0 aromatic heterocycles. The van der Waals surface area contributed by atoms with Gasteiger partial charge in [0.05, 0.1) is 34.5 Å². The molecule has 1 N–H and O–H groups in total. The minimum absolute atomic E-state index is 0.122. The summed E-state index contributed by atoms with van der Waals surface area (Å²) in [5.74, 6) is -0.977. The zero-order valence-electron chi connectivity index (χ0n) is 20.7. The summed E-state index contributed by atoms with van der Waals surface area (Å²) < 4.78 is 26.5. The standard InChI is InChI=1S/C23H32N4O8/c1-6-34-21(29)17-18(14-12-15(31-3)19(33-5)16(13-14)32-4)24-22(25-20(17)28)26-8-10-27(11-9-26)23(30)35-7-2/h12-13,17-18H,6-11H2,1-5H3,(H,24,25,28)/t17-,18+/m0/s1. The second-order valence-electron chi connectivity index (χ2n) is 7.75. The summed E-state index contributed by atoms with van der Waals surface area (Å²) in [6.07, 6.45) is -0.376. The summed E-state index contributed by atoms with van der Waals surface area (Å²) in [6.45, 7) is 5.53. The van der Waals surface area contributed by atoms with Gasteiger partial charge in [0.2, 0.25) is 17.6 Å². The third-order valence-corrected chi connectivity index (χ3v) is 5.77. The Morgan fingerprint density at radius 3 is 2.09 bits per heavy atom. The fourth-order valence-corrected chi connectivity index (χ4v) is 4.05. The molecular weight excluding hydrogens is 460 g/mol. The number of carbonyl (C=O) groups is 3. The average molecular weight is 493 g/mol. The van der Waals surface area contributed by atoms with E-state index in [-0.39, 0.29) is 12.7 Å². The molecule has 2 aliphatic heterocycles. The van der Waals surface area contributed by atoms with Crippen LogP contribution in [-0.2, 0) is 19.1 Å². The van der Waals surface area contributed by atoms with Gasteiger partial charge in [0, 0.05) is 26.2 Å². The number of amides is 2. The number of ether oxygens (including phenoxy) is 5. The Balaban J connectivity index is 1.97. The monoisotopic (exact) mass is 492 g/mol. The van der Waals surface area contributed by atoms with Crippen LogP contribution in [0.5, 0.6) is 17.2 Å². The van der Waals surface area contributed by atoms with Gasteiger partial charge in [-0.1, -0.05) is 0 Å². The number of methoxy groups -OCH3 is 3. The number of nitrogens with one attached hydrogen (secondary N) is 1. The van der Waals surface area contributed by atoms with Gasteiger partial charge in [0.25, 0.3) is 0 Å². The Hall–Kier alpha value is -3.70. The maximum absolute atomic E-state index is 13.1. The quantitative estimate of drug-likeness (QED) is 0.441. The lowest BCUT2D eigenvalue weighted by Crippen LogP contribution is -2.58. The molecule has 2 aliphatic rings. The summed E-state index contributed by atoms with van der Waals surface area (Å²) in [4.78, 5) is 46.2. The van der Waals surface area contributed by atoms with Crippen molar-refractivity contribution in [3.63, 3.8) is 0 Å². The van der Waals surface area contributed by atoms with Crippen LogP contribution in [0.3, 0.4) is 0 Å². The van der Waals surface area contributed by atoms with E-state index in [0.29, 0.717) is 61.6 Å². The lowest BCUT2D eigenvalue weighted by molar-refractivity contribution is -0.153. The Morgan fingerprint density at radius 2 is 1.57 bits per heavy atom. The van der Waals surface area contributed by atoms with Crippen LogP contribution in [0, 0.1) is 5.92 Å². The fraction of sp³-hybridized carbons (Fsp3) is 0.565. The molecule has 12 heteroatoms. The molecule has 12 nitrogen and oxygen atoms in total. The molecule has 1 aromatic rings. The van der Waals surface area contributed by atoms with Crippen LogP contribution in [0.4, 0.5) is 4.79 Å². The van der Waals surface area contributed by atoms with Crippen molar-refractivity contribution >= 4 is 23.9 Å². The zero-order valence-corrected chi connectivity index (χ0v) is 20.7. The van der Waals surface area contributed by atoms with Crippen molar-refractivity contribution in [1.82, 2.24) is 15.1 Å². The first-order valence-electron chi connectivity index (χ1n) is 11.4. The number of carbonyl (C=O) groups excluding carboxylic acids is 3. The van der Waals surface area contributed by atoms with E-state index < -0.39 is 23.8 Å². The number of benzene rings is 1. The number of aliphatic imine (C=N–C) groups is 1. The second kappa shape index (κ2) is 11.6. The lowest BCUT2D eigenvalue weighted by Gasteiger charge is -2.38. The summed E-state index contributed by atoms with van der Waals surface area (Å²) >= 11 is 0. The number of hydrogen-bond donors (Lipinski definition) is 1. The highest BCUT2D eigenvalue weighted by Crippen LogP contribution is 2.42. The first-order chi connectivity index (χ1) is 16.9. The van der Waals surface area contributed by atoms with E-state index in [9.17, 15) is 14.4 Å². The highest BCUT2D eigenvalue weighted by molar-refractivity contribution is 6.08. The van der Waals surface area contributed by atoms with Crippen LogP contribution in [0.1, 0.15) is 25.5 Å². The normalized spacial score (nSPS) is 19.9. The SMILES string of the molecule is CCOC(=O)[C@@H]1C(=O)NC(N2CCN(C(=O)OCC)CC2)=N[C@@H]1c1cc(OC)c(OC)c(OC)c1. The molecule has 1 saturated heterocycles. The van der Waals surface area contributed by atoms with Crippen LogP contribution < -0.4 is 19.5 Å². The Bertz CT molecular complexity index is 949. The van der Waals surface area contributed by atoms with Crippen LogP contribution in [-0.4, -0.2) is 94.5 Å². The Kier molecular flexibility index (Phi) is 8.61. The minimum Gasteiger partial charge on any atom is -0.493 e. The van der Waals surface area contributed by atoms with Crippen molar-refractivity contribution in [2.24, 2.45) is 10.9 Å². The molecule has 0 saturated carbocycles. The Labute approximate surface area is 204 Å². The first-order valence-corrected chi connectivity index (χ1v) is 11.4. The molecular formula is C23H32N4O8. The molecule has 0 spiro atoms. The van der Waals surface area contributed by atoms with Crippen molar-refractivity contribution in [1.29, 1.82) is 0 Å². The number of piperazine rings is 1. The molecule has 2 heterocycles. The van der Waals surface area contributed by atoms with Gasteiger partial charge in [-0.2, -0.15) is 0 Å². The van der Waals surface area contributed by atoms with Crippen molar-refractivity contribution in [2.45, 2.75) is 19.9 Å². The van der Waals surface area contributed by atoms with Crippen molar-refractivity contribution in [2.75, 3.05) is 60.7 Å². The molecule has 0 bridgehead atoms. The van der Waals surface area contributed by atoms with E-state index in [1.54, 1.807) is 30.9 Å². The summed E-state index contributed by atoms with van der Waals surface area (Å²) in [7, 11) is 4.45. The molecule has 0 unspecified atom stereocenters. The van der Waals surface area contributed by atoms with Crippen LogP contribution in [0.2, 0.25) is 0 Å². The van der Waals surface area contributed by atoms with Crippen molar-refractivity contribution < 1.29 is 38.1 Å². The molecule has 1 fully saturated rings. The van der Waals surface area contributed by atoms with Gasteiger partial charge < -0.3 is 33.5 Å². The van der Waals surface area contributed by atoms with E-state index in [1.807, 2.05) is 4.90 Å². The van der Waals surface area contributed by atoms with Gasteiger partial charge in [-0.3, -0.25) is 14.9 Å². The van der Waals surface area contributed by atoms with E-state index in [2.05, 4.69) is 5.32 Å². The summed E-state index contributed by atoms with van der Waals surface area (Å²) in [5.41, 5.74) is 0.523. The summed E-state index contributed by atoms with van der Waals surface area (Å²) in [5, 5.41) is 2.74. The third-order valence-electron chi connectivity index (χ3n) is 5.77. The summed E-state index contributed by atoms with van der Waals surface area (Å²) in [6, 6.07) is 2.43. The topological polar surface area (TPSA) is 128 Å². The first kappa shape index (κ1) is 25.9. The van der Waals surface area contributed by atoms with E-state index in [0.717, 1.165) is 0 Å². The predicted molar refractivity (Wildman–Crippen MR) is 125 cm³/mol.